The van der Waals surface area contributed by atoms with E-state index >= 15 is 0 Å². The third-order valence-electron chi connectivity index (χ3n) is 2.83. The van der Waals surface area contributed by atoms with Crippen molar-refractivity contribution in [1.29, 1.82) is 0 Å². The Balaban J connectivity index is 2.19. The van der Waals surface area contributed by atoms with Crippen molar-refractivity contribution in [2.45, 2.75) is 19.4 Å². The Morgan fingerprint density at radius 2 is 1.89 bits per heavy atom. The molecule has 3 heteroatoms. The van der Waals surface area contributed by atoms with Crippen molar-refractivity contribution < 1.29 is 5.11 Å². The highest BCUT2D eigenvalue weighted by atomic mass is 35.5. The van der Waals surface area contributed by atoms with Gasteiger partial charge in [0.25, 0.3) is 0 Å². The molecular formula is C15H14Cl2O. The third-order valence-corrected chi connectivity index (χ3v) is 3.40. The molecular weight excluding hydrogens is 267 g/mol. The predicted molar refractivity (Wildman–Crippen MR) is 76.3 cm³/mol. The molecule has 18 heavy (non-hydrogen) atoms. The number of benzene rings is 2. The summed E-state index contributed by atoms with van der Waals surface area (Å²) in [6.07, 6.45) is -0.0696. The van der Waals surface area contributed by atoms with Gasteiger partial charge in [-0.1, -0.05) is 59.1 Å². The van der Waals surface area contributed by atoms with Crippen LogP contribution >= 0.6 is 23.2 Å². The van der Waals surface area contributed by atoms with E-state index in [0.717, 1.165) is 5.56 Å². The number of hydrogen-bond acceptors (Lipinski definition) is 1. The lowest BCUT2D eigenvalue weighted by molar-refractivity contribution is 0.178. The molecule has 0 aromatic heterocycles. The van der Waals surface area contributed by atoms with Crippen LogP contribution < -0.4 is 0 Å². The highest BCUT2D eigenvalue weighted by Gasteiger charge is 2.12. The summed E-state index contributed by atoms with van der Waals surface area (Å²) in [6, 6.07) is 13.2. The van der Waals surface area contributed by atoms with Crippen LogP contribution in [0, 0.1) is 6.92 Å². The number of aliphatic hydroxyl groups is 1. The van der Waals surface area contributed by atoms with Crippen LogP contribution in [0.3, 0.4) is 0 Å². The van der Waals surface area contributed by atoms with Gasteiger partial charge in [-0.05, 0) is 30.2 Å². The summed E-state index contributed by atoms with van der Waals surface area (Å²) in [4.78, 5) is 0. The highest BCUT2D eigenvalue weighted by molar-refractivity contribution is 6.35. The summed E-state index contributed by atoms with van der Waals surface area (Å²) in [7, 11) is 0. The molecule has 1 N–H and O–H groups in total. The molecule has 0 spiro atoms. The van der Waals surface area contributed by atoms with Gasteiger partial charge < -0.3 is 5.11 Å². The average Bonchev–Trinajstić information content (AvgIpc) is 2.28. The van der Waals surface area contributed by atoms with Crippen LogP contribution in [-0.4, -0.2) is 5.11 Å². The largest absolute Gasteiger partial charge is 0.388 e. The summed E-state index contributed by atoms with van der Waals surface area (Å²) in [5, 5.41) is 11.3. The molecule has 0 aliphatic heterocycles. The quantitative estimate of drug-likeness (QED) is 0.873. The maximum Gasteiger partial charge on any atom is 0.0844 e. The van der Waals surface area contributed by atoms with Gasteiger partial charge in [0, 0.05) is 16.5 Å². The van der Waals surface area contributed by atoms with E-state index in [1.54, 1.807) is 18.2 Å². The zero-order chi connectivity index (χ0) is 13.1. The van der Waals surface area contributed by atoms with Crippen molar-refractivity contribution in [3.63, 3.8) is 0 Å². The predicted octanol–water partition coefficient (Wildman–Crippen LogP) is 4.58. The SMILES string of the molecule is Cc1cccc(CC(O)c2ccc(Cl)cc2Cl)c1. The van der Waals surface area contributed by atoms with Crippen molar-refractivity contribution in [2.24, 2.45) is 0 Å². The van der Waals surface area contributed by atoms with Crippen molar-refractivity contribution in [3.8, 4) is 0 Å². The Kier molecular flexibility index (Phi) is 4.28. The lowest BCUT2D eigenvalue weighted by Gasteiger charge is -2.13. The van der Waals surface area contributed by atoms with E-state index in [-0.39, 0.29) is 0 Å². The Hall–Kier alpha value is -1.02. The van der Waals surface area contributed by atoms with Gasteiger partial charge in [0.15, 0.2) is 0 Å². The zero-order valence-electron chi connectivity index (χ0n) is 10.0. The standard InChI is InChI=1S/C15H14Cl2O/c1-10-3-2-4-11(7-10)8-15(18)13-6-5-12(16)9-14(13)17/h2-7,9,15,18H,8H2,1H3. The number of rotatable bonds is 3. The smallest absolute Gasteiger partial charge is 0.0844 e. The maximum absolute atomic E-state index is 10.2. The van der Waals surface area contributed by atoms with Crippen LogP contribution in [0.15, 0.2) is 42.5 Å². The second-order valence-electron chi connectivity index (χ2n) is 4.37. The van der Waals surface area contributed by atoms with Gasteiger partial charge in [0.2, 0.25) is 0 Å². The molecule has 1 unspecified atom stereocenters. The first-order valence-corrected chi connectivity index (χ1v) is 6.50. The number of aryl methyl sites for hydroxylation is 1. The molecule has 0 amide bonds. The first kappa shape index (κ1) is 13.4. The molecule has 0 saturated heterocycles. The lowest BCUT2D eigenvalue weighted by atomic mass is 10.0. The summed E-state index contributed by atoms with van der Waals surface area (Å²) >= 11 is 11.9. The van der Waals surface area contributed by atoms with Gasteiger partial charge in [-0.2, -0.15) is 0 Å². The van der Waals surface area contributed by atoms with Crippen molar-refractivity contribution in [3.05, 3.63) is 69.2 Å². The van der Waals surface area contributed by atoms with Crippen molar-refractivity contribution >= 4 is 23.2 Å². The van der Waals surface area contributed by atoms with E-state index in [1.165, 1.54) is 5.56 Å². The third kappa shape index (κ3) is 3.26. The molecule has 0 aliphatic carbocycles. The molecule has 1 atom stereocenters. The number of aliphatic hydroxyl groups excluding tert-OH is 1. The molecule has 0 bridgehead atoms. The summed E-state index contributed by atoms with van der Waals surface area (Å²) in [5.74, 6) is 0. The molecule has 0 heterocycles. The van der Waals surface area contributed by atoms with Crippen molar-refractivity contribution in [1.82, 2.24) is 0 Å². The summed E-state index contributed by atoms with van der Waals surface area (Å²) < 4.78 is 0. The molecule has 0 radical (unpaired) electrons. The molecule has 2 aromatic rings. The van der Waals surface area contributed by atoms with Gasteiger partial charge >= 0.3 is 0 Å². The minimum absolute atomic E-state index is 0.502. The molecule has 0 fully saturated rings. The van der Waals surface area contributed by atoms with Crippen LogP contribution in [0.25, 0.3) is 0 Å². The first-order valence-electron chi connectivity index (χ1n) is 5.75. The van der Waals surface area contributed by atoms with Crippen LogP contribution in [0.1, 0.15) is 22.8 Å². The molecule has 0 saturated carbocycles. The Morgan fingerprint density at radius 1 is 1.11 bits per heavy atom. The van der Waals surface area contributed by atoms with Gasteiger partial charge in [0.1, 0.15) is 0 Å². The Morgan fingerprint density at radius 3 is 2.56 bits per heavy atom. The molecule has 2 rings (SSSR count). The lowest BCUT2D eigenvalue weighted by Crippen LogP contribution is -2.02. The van der Waals surface area contributed by atoms with Crippen LogP contribution in [-0.2, 0) is 6.42 Å². The number of halogens is 2. The zero-order valence-corrected chi connectivity index (χ0v) is 11.5. The fraction of sp³-hybridized carbons (Fsp3) is 0.200. The topological polar surface area (TPSA) is 20.2 Å². The van der Waals surface area contributed by atoms with E-state index in [9.17, 15) is 5.11 Å². The minimum Gasteiger partial charge on any atom is -0.388 e. The van der Waals surface area contributed by atoms with Crippen molar-refractivity contribution in [2.75, 3.05) is 0 Å². The second-order valence-corrected chi connectivity index (χ2v) is 5.22. The molecule has 94 valence electrons. The monoisotopic (exact) mass is 280 g/mol. The van der Waals surface area contributed by atoms with Crippen LogP contribution in [0.5, 0.6) is 0 Å². The van der Waals surface area contributed by atoms with Crippen LogP contribution in [0.2, 0.25) is 10.0 Å². The van der Waals surface area contributed by atoms with E-state index in [2.05, 4.69) is 6.07 Å². The fourth-order valence-corrected chi connectivity index (χ4v) is 2.48. The Bertz CT molecular complexity index is 552. The van der Waals surface area contributed by atoms with Gasteiger partial charge in [0.05, 0.1) is 6.10 Å². The summed E-state index contributed by atoms with van der Waals surface area (Å²) in [6.45, 7) is 2.03. The van der Waals surface area contributed by atoms with Gasteiger partial charge in [-0.3, -0.25) is 0 Å². The fourth-order valence-electron chi connectivity index (χ4n) is 1.94. The molecule has 0 aliphatic rings. The van der Waals surface area contributed by atoms with E-state index in [4.69, 9.17) is 23.2 Å². The maximum atomic E-state index is 10.2. The second kappa shape index (κ2) is 5.75. The highest BCUT2D eigenvalue weighted by Crippen LogP contribution is 2.28. The molecule has 1 nitrogen and oxygen atoms in total. The first-order chi connectivity index (χ1) is 8.56. The van der Waals surface area contributed by atoms with E-state index in [1.807, 2.05) is 25.1 Å². The summed E-state index contributed by atoms with van der Waals surface area (Å²) in [5.41, 5.74) is 2.98. The minimum atomic E-state index is -0.614. The van der Waals surface area contributed by atoms with E-state index < -0.39 is 6.10 Å². The normalized spacial score (nSPS) is 12.4. The van der Waals surface area contributed by atoms with Crippen LogP contribution in [0.4, 0.5) is 0 Å². The molecule has 2 aromatic carbocycles. The van der Waals surface area contributed by atoms with Gasteiger partial charge in [-0.25, -0.2) is 0 Å². The average molecular weight is 281 g/mol. The van der Waals surface area contributed by atoms with Gasteiger partial charge in [-0.15, -0.1) is 0 Å². The number of hydrogen-bond donors (Lipinski definition) is 1. The Labute approximate surface area is 117 Å². The van der Waals surface area contributed by atoms with E-state index in [0.29, 0.717) is 22.0 Å².